The molecule has 0 spiro atoms. The quantitative estimate of drug-likeness (QED) is 0.869. The summed E-state index contributed by atoms with van der Waals surface area (Å²) in [6.45, 7) is 0.580. The second-order valence-corrected chi connectivity index (χ2v) is 6.63. The minimum atomic E-state index is -3.46. The second-order valence-electron chi connectivity index (χ2n) is 4.69. The molecule has 1 heterocycles. The van der Waals surface area contributed by atoms with Crippen LogP contribution in [-0.2, 0) is 10.0 Å². The van der Waals surface area contributed by atoms with E-state index in [1.165, 1.54) is 4.31 Å². The Kier molecular flexibility index (Phi) is 3.61. The summed E-state index contributed by atoms with van der Waals surface area (Å²) in [6.07, 6.45) is -0.0320. The van der Waals surface area contributed by atoms with E-state index >= 15 is 0 Å². The molecule has 0 amide bonds. The third-order valence-corrected chi connectivity index (χ3v) is 5.00. The van der Waals surface area contributed by atoms with Crippen LogP contribution in [0, 0.1) is 0 Å². The van der Waals surface area contributed by atoms with Gasteiger partial charge in [-0.2, -0.15) is 4.31 Å². The van der Waals surface area contributed by atoms with E-state index in [1.54, 1.807) is 24.3 Å². The molecule has 6 heteroatoms. The van der Waals surface area contributed by atoms with Gasteiger partial charge in [0.1, 0.15) is 0 Å². The summed E-state index contributed by atoms with van der Waals surface area (Å²) in [5, 5.41) is 9.41. The highest BCUT2D eigenvalue weighted by Gasteiger charge is 2.31. The van der Waals surface area contributed by atoms with Gasteiger partial charge in [-0.3, -0.25) is 0 Å². The lowest BCUT2D eigenvalue weighted by atomic mass is 10.3. The second kappa shape index (κ2) is 4.87. The molecular formula is C12H18N2O3S. The molecular weight excluding hydrogens is 252 g/mol. The van der Waals surface area contributed by atoms with Crippen LogP contribution in [0.3, 0.4) is 0 Å². The van der Waals surface area contributed by atoms with Crippen molar-refractivity contribution >= 4 is 15.7 Å². The summed E-state index contributed by atoms with van der Waals surface area (Å²) in [7, 11) is 0.347. The molecule has 0 aromatic heterocycles. The van der Waals surface area contributed by atoms with Crippen LogP contribution in [0.15, 0.2) is 29.2 Å². The van der Waals surface area contributed by atoms with Crippen LogP contribution in [0.25, 0.3) is 0 Å². The summed E-state index contributed by atoms with van der Waals surface area (Å²) in [4.78, 5) is 2.19. The maximum absolute atomic E-state index is 12.3. The van der Waals surface area contributed by atoms with E-state index in [-0.39, 0.29) is 11.4 Å². The largest absolute Gasteiger partial charge is 0.392 e. The number of benzene rings is 1. The molecule has 2 rings (SSSR count). The zero-order valence-electron chi connectivity index (χ0n) is 10.6. The highest BCUT2D eigenvalue weighted by Crippen LogP contribution is 2.22. The average Bonchev–Trinajstić information content (AvgIpc) is 2.76. The van der Waals surface area contributed by atoms with Crippen LogP contribution in [0.1, 0.15) is 6.42 Å². The van der Waals surface area contributed by atoms with Gasteiger partial charge in [-0.1, -0.05) is 0 Å². The summed E-state index contributed by atoms with van der Waals surface area (Å²) in [5.74, 6) is 0. The monoisotopic (exact) mass is 270 g/mol. The predicted molar refractivity (Wildman–Crippen MR) is 70.2 cm³/mol. The molecule has 5 nitrogen and oxygen atoms in total. The third kappa shape index (κ3) is 2.50. The van der Waals surface area contributed by atoms with E-state index < -0.39 is 16.1 Å². The number of anilines is 1. The van der Waals surface area contributed by atoms with Gasteiger partial charge in [-0.25, -0.2) is 8.42 Å². The van der Waals surface area contributed by atoms with Crippen LogP contribution >= 0.6 is 0 Å². The topological polar surface area (TPSA) is 60.9 Å². The van der Waals surface area contributed by atoms with E-state index in [0.29, 0.717) is 13.0 Å². The fraction of sp³-hybridized carbons (Fsp3) is 0.500. The number of hydrogen-bond donors (Lipinski definition) is 1. The first-order valence-corrected chi connectivity index (χ1v) is 7.31. The lowest BCUT2D eigenvalue weighted by Gasteiger charge is -2.17. The Morgan fingerprint density at radius 2 is 1.89 bits per heavy atom. The molecule has 1 fully saturated rings. The van der Waals surface area contributed by atoms with Gasteiger partial charge in [0.25, 0.3) is 0 Å². The van der Waals surface area contributed by atoms with E-state index in [0.717, 1.165) is 5.69 Å². The molecule has 1 atom stereocenters. The highest BCUT2D eigenvalue weighted by molar-refractivity contribution is 7.89. The Hall–Kier alpha value is -1.11. The minimum absolute atomic E-state index is 0.192. The first kappa shape index (κ1) is 13.3. The van der Waals surface area contributed by atoms with E-state index in [4.69, 9.17) is 0 Å². The number of hydrogen-bond acceptors (Lipinski definition) is 4. The van der Waals surface area contributed by atoms with Crippen molar-refractivity contribution in [3.8, 4) is 0 Å². The molecule has 0 radical (unpaired) electrons. The fourth-order valence-corrected chi connectivity index (χ4v) is 3.49. The van der Waals surface area contributed by atoms with Crippen LogP contribution in [0.2, 0.25) is 0 Å². The molecule has 0 saturated carbocycles. The number of nitrogens with zero attached hydrogens (tertiary/aromatic N) is 2. The Bertz CT molecular complexity index is 511. The van der Waals surface area contributed by atoms with Crippen molar-refractivity contribution in [3.63, 3.8) is 0 Å². The number of rotatable bonds is 3. The Morgan fingerprint density at radius 1 is 1.28 bits per heavy atom. The first-order valence-electron chi connectivity index (χ1n) is 5.87. The van der Waals surface area contributed by atoms with Crippen molar-refractivity contribution < 1.29 is 13.5 Å². The van der Waals surface area contributed by atoms with E-state index in [2.05, 4.69) is 0 Å². The molecule has 1 aliphatic rings. The lowest BCUT2D eigenvalue weighted by Crippen LogP contribution is -2.29. The molecule has 1 N–H and O–H groups in total. The smallest absolute Gasteiger partial charge is 0.243 e. The van der Waals surface area contributed by atoms with Crippen molar-refractivity contribution in [1.82, 2.24) is 4.31 Å². The van der Waals surface area contributed by atoms with Crippen LogP contribution in [-0.4, -0.2) is 51.1 Å². The van der Waals surface area contributed by atoms with Gasteiger partial charge in [-0.15, -0.1) is 0 Å². The summed E-state index contributed by atoms with van der Waals surface area (Å²) >= 11 is 0. The third-order valence-electron chi connectivity index (χ3n) is 3.12. The predicted octanol–water partition coefficient (Wildman–Crippen LogP) is 0.508. The zero-order valence-corrected chi connectivity index (χ0v) is 11.4. The minimum Gasteiger partial charge on any atom is -0.392 e. The molecule has 1 aliphatic heterocycles. The Labute approximate surface area is 108 Å². The number of sulfonamides is 1. The molecule has 0 unspecified atom stereocenters. The summed E-state index contributed by atoms with van der Waals surface area (Å²) < 4.78 is 25.9. The zero-order chi connectivity index (χ0) is 13.3. The molecule has 0 aliphatic carbocycles. The van der Waals surface area contributed by atoms with Crippen molar-refractivity contribution in [1.29, 1.82) is 0 Å². The SMILES string of the molecule is CN(C)c1ccc(S(=O)(=O)N2CC[C@H](O)C2)cc1. The lowest BCUT2D eigenvalue weighted by molar-refractivity contribution is 0.189. The van der Waals surface area contributed by atoms with Gasteiger partial charge < -0.3 is 10.0 Å². The average molecular weight is 270 g/mol. The first-order chi connectivity index (χ1) is 8.41. The standard InChI is InChI=1S/C12H18N2O3S/c1-13(2)10-3-5-12(6-4-10)18(16,17)14-8-7-11(15)9-14/h3-6,11,15H,7-9H2,1-2H3/t11-/m0/s1. The number of aliphatic hydroxyl groups excluding tert-OH is 1. The highest BCUT2D eigenvalue weighted by atomic mass is 32.2. The van der Waals surface area contributed by atoms with Gasteiger partial charge >= 0.3 is 0 Å². The Morgan fingerprint density at radius 3 is 2.33 bits per heavy atom. The molecule has 0 bridgehead atoms. The van der Waals surface area contributed by atoms with Gasteiger partial charge in [0.2, 0.25) is 10.0 Å². The van der Waals surface area contributed by atoms with Gasteiger partial charge in [-0.05, 0) is 30.7 Å². The van der Waals surface area contributed by atoms with Crippen molar-refractivity contribution in [2.24, 2.45) is 0 Å². The summed E-state index contributed by atoms with van der Waals surface area (Å²) in [6, 6.07) is 6.77. The molecule has 1 aromatic carbocycles. The molecule has 1 aromatic rings. The van der Waals surface area contributed by atoms with Crippen molar-refractivity contribution in [2.45, 2.75) is 17.4 Å². The Balaban J connectivity index is 2.25. The molecule has 18 heavy (non-hydrogen) atoms. The van der Waals surface area contributed by atoms with Crippen LogP contribution in [0.5, 0.6) is 0 Å². The normalized spacial score (nSPS) is 21.2. The van der Waals surface area contributed by atoms with E-state index in [1.807, 2.05) is 19.0 Å². The molecule has 1 saturated heterocycles. The summed E-state index contributed by atoms with van der Waals surface area (Å²) in [5.41, 5.74) is 0.954. The van der Waals surface area contributed by atoms with Crippen molar-refractivity contribution in [2.75, 3.05) is 32.1 Å². The fourth-order valence-electron chi connectivity index (χ4n) is 1.99. The maximum atomic E-state index is 12.3. The van der Waals surface area contributed by atoms with Crippen LogP contribution < -0.4 is 4.90 Å². The van der Waals surface area contributed by atoms with Gasteiger partial charge in [0.15, 0.2) is 0 Å². The number of β-amino-alcohol motifs (C(OH)–C–C–N with tert-alkyl or cyclic N) is 1. The van der Waals surface area contributed by atoms with Crippen LogP contribution in [0.4, 0.5) is 5.69 Å². The maximum Gasteiger partial charge on any atom is 0.243 e. The van der Waals surface area contributed by atoms with E-state index in [9.17, 15) is 13.5 Å². The molecule has 100 valence electrons. The van der Waals surface area contributed by atoms with Crippen molar-refractivity contribution in [3.05, 3.63) is 24.3 Å². The van der Waals surface area contributed by atoms with Gasteiger partial charge in [0, 0.05) is 32.9 Å². The van der Waals surface area contributed by atoms with Gasteiger partial charge in [0.05, 0.1) is 11.0 Å². The number of aliphatic hydroxyl groups is 1.